The van der Waals surface area contributed by atoms with E-state index in [4.69, 9.17) is 17.3 Å². The number of thiazole rings is 1. The highest BCUT2D eigenvalue weighted by Gasteiger charge is 2.04. The minimum atomic E-state index is 0.631. The molecule has 2 aromatic carbocycles. The van der Waals surface area contributed by atoms with E-state index < -0.39 is 0 Å². The van der Waals surface area contributed by atoms with Gasteiger partial charge >= 0.3 is 0 Å². The number of hydrazone groups is 1. The Morgan fingerprint density at radius 2 is 2.27 bits per heavy atom. The van der Waals surface area contributed by atoms with Gasteiger partial charge in [-0.15, -0.1) is 11.3 Å². The lowest BCUT2D eigenvalue weighted by atomic mass is 10.2. The average Bonchev–Trinajstić information content (AvgIpc) is 2.98. The molecule has 4 nitrogen and oxygen atoms in total. The lowest BCUT2D eigenvalue weighted by Crippen LogP contribution is -1.95. The number of nitrogen functional groups attached to an aromatic ring is 1. The molecule has 0 saturated heterocycles. The summed E-state index contributed by atoms with van der Waals surface area (Å²) in [6.45, 7) is 0. The largest absolute Gasteiger partial charge is 0.398 e. The van der Waals surface area contributed by atoms with Gasteiger partial charge in [0.2, 0.25) is 5.13 Å². The van der Waals surface area contributed by atoms with Crippen molar-refractivity contribution in [3.8, 4) is 11.3 Å². The Hall–Kier alpha value is -2.37. The predicted molar refractivity (Wildman–Crippen MR) is 93.5 cm³/mol. The van der Waals surface area contributed by atoms with Crippen LogP contribution in [0.4, 0.5) is 10.8 Å². The van der Waals surface area contributed by atoms with Crippen LogP contribution in [-0.4, -0.2) is 11.2 Å². The fraction of sp³-hybridized carbons (Fsp3) is 0. The van der Waals surface area contributed by atoms with Crippen molar-refractivity contribution < 1.29 is 0 Å². The second-order valence-corrected chi connectivity index (χ2v) is 5.77. The van der Waals surface area contributed by atoms with Crippen molar-refractivity contribution in [2.45, 2.75) is 0 Å². The predicted octanol–water partition coefficient (Wildman–Crippen LogP) is 4.29. The van der Waals surface area contributed by atoms with Crippen molar-refractivity contribution in [2.24, 2.45) is 5.10 Å². The van der Waals surface area contributed by atoms with Crippen LogP contribution in [0.25, 0.3) is 11.3 Å². The van der Waals surface area contributed by atoms with E-state index >= 15 is 0 Å². The lowest BCUT2D eigenvalue weighted by molar-refractivity contribution is 1.29. The van der Waals surface area contributed by atoms with Crippen molar-refractivity contribution in [3.05, 3.63) is 64.5 Å². The minimum absolute atomic E-state index is 0.631. The molecule has 0 atom stereocenters. The summed E-state index contributed by atoms with van der Waals surface area (Å²) >= 11 is 7.46. The first-order valence-corrected chi connectivity index (χ1v) is 7.74. The molecule has 0 saturated carbocycles. The van der Waals surface area contributed by atoms with Crippen molar-refractivity contribution >= 4 is 40.0 Å². The van der Waals surface area contributed by atoms with E-state index in [0.29, 0.717) is 15.8 Å². The van der Waals surface area contributed by atoms with E-state index in [1.54, 1.807) is 18.3 Å². The Morgan fingerprint density at radius 3 is 3.09 bits per heavy atom. The monoisotopic (exact) mass is 327 g/mol. The number of anilines is 2. The smallest absolute Gasteiger partial charge is 0.203 e. The van der Waals surface area contributed by atoms with Crippen LogP contribution < -0.4 is 11.2 Å². The Bertz CT molecular complexity index is 813. The Balaban J connectivity index is 1.71. The van der Waals surface area contributed by atoms with Crippen LogP contribution in [0.1, 0.15) is 5.56 Å². The summed E-state index contributed by atoms with van der Waals surface area (Å²) in [6, 6.07) is 15.8. The van der Waals surface area contributed by atoms with Gasteiger partial charge in [0.15, 0.2) is 0 Å². The lowest BCUT2D eigenvalue weighted by Gasteiger charge is -1.98. The second kappa shape index (κ2) is 6.60. The number of nitrogens with zero attached hydrogens (tertiary/aromatic N) is 2. The van der Waals surface area contributed by atoms with Gasteiger partial charge in [0, 0.05) is 27.2 Å². The summed E-state index contributed by atoms with van der Waals surface area (Å²) in [5.74, 6) is 0. The molecule has 0 aliphatic heterocycles. The number of nitrogens with two attached hydrogens (primary N) is 1. The van der Waals surface area contributed by atoms with Crippen LogP contribution >= 0.6 is 22.9 Å². The van der Waals surface area contributed by atoms with E-state index in [-0.39, 0.29) is 0 Å². The number of hydrogen-bond acceptors (Lipinski definition) is 5. The Morgan fingerprint density at radius 1 is 1.36 bits per heavy atom. The number of halogens is 1. The molecule has 22 heavy (non-hydrogen) atoms. The standard InChI is InChI=1S/C16H12ClN4S/c17-13-6-3-5-11(8-13)15-10-22-16(20-15)21-19-9-12-4-1-2-7-14(12)18/h1,3-10H,18H2,(H,20,21). The zero-order valence-electron chi connectivity index (χ0n) is 11.5. The molecule has 3 aromatic rings. The van der Waals surface area contributed by atoms with E-state index in [1.165, 1.54) is 11.3 Å². The number of benzene rings is 2. The SMILES string of the molecule is Nc1c[c]ccc1C=NNc1nc(-c2cccc(Cl)c2)cs1. The third kappa shape index (κ3) is 3.44. The quantitative estimate of drug-likeness (QED) is 0.427. The fourth-order valence-electron chi connectivity index (χ4n) is 1.84. The van der Waals surface area contributed by atoms with Crippen LogP contribution in [-0.2, 0) is 0 Å². The van der Waals surface area contributed by atoms with E-state index in [1.807, 2.05) is 35.7 Å². The highest BCUT2D eigenvalue weighted by Crippen LogP contribution is 2.26. The van der Waals surface area contributed by atoms with Crippen molar-refractivity contribution in [3.63, 3.8) is 0 Å². The molecule has 0 aliphatic rings. The molecule has 0 fully saturated rings. The maximum Gasteiger partial charge on any atom is 0.203 e. The Labute approximate surface area is 137 Å². The highest BCUT2D eigenvalue weighted by atomic mass is 35.5. The molecular formula is C16H12ClN4S. The number of nitrogens with one attached hydrogen (secondary N) is 1. The first kappa shape index (κ1) is 14.6. The normalized spacial score (nSPS) is 11.0. The summed E-state index contributed by atoms with van der Waals surface area (Å²) in [5.41, 5.74) is 12.0. The zero-order chi connectivity index (χ0) is 15.4. The fourth-order valence-corrected chi connectivity index (χ4v) is 2.69. The first-order chi connectivity index (χ1) is 10.7. The summed E-state index contributed by atoms with van der Waals surface area (Å²) in [5, 5.41) is 7.49. The van der Waals surface area contributed by atoms with Crippen LogP contribution in [0.15, 0.2) is 52.9 Å². The van der Waals surface area contributed by atoms with Crippen molar-refractivity contribution in [1.29, 1.82) is 0 Å². The summed E-state index contributed by atoms with van der Waals surface area (Å²) in [4.78, 5) is 4.47. The second-order valence-electron chi connectivity index (χ2n) is 4.47. The van der Waals surface area contributed by atoms with Crippen LogP contribution in [0.3, 0.4) is 0 Å². The molecule has 1 aromatic heterocycles. The van der Waals surface area contributed by atoms with E-state index in [2.05, 4.69) is 21.6 Å². The molecule has 6 heteroatoms. The van der Waals surface area contributed by atoms with Gasteiger partial charge in [-0.3, -0.25) is 5.43 Å². The van der Waals surface area contributed by atoms with Gasteiger partial charge in [-0.05, 0) is 24.3 Å². The first-order valence-electron chi connectivity index (χ1n) is 6.48. The van der Waals surface area contributed by atoms with E-state index in [9.17, 15) is 0 Å². The van der Waals surface area contributed by atoms with Gasteiger partial charge < -0.3 is 5.73 Å². The average molecular weight is 328 g/mol. The number of aromatic nitrogens is 1. The third-order valence-electron chi connectivity index (χ3n) is 2.92. The zero-order valence-corrected chi connectivity index (χ0v) is 13.0. The molecule has 0 spiro atoms. The van der Waals surface area contributed by atoms with Gasteiger partial charge in [0.25, 0.3) is 0 Å². The molecule has 0 bridgehead atoms. The van der Waals surface area contributed by atoms with E-state index in [0.717, 1.165) is 16.8 Å². The molecule has 0 amide bonds. The highest BCUT2D eigenvalue weighted by molar-refractivity contribution is 7.14. The third-order valence-corrected chi connectivity index (χ3v) is 3.90. The number of rotatable bonds is 4. The Kier molecular flexibility index (Phi) is 4.37. The molecule has 1 heterocycles. The van der Waals surface area contributed by atoms with Crippen molar-refractivity contribution in [1.82, 2.24) is 4.98 Å². The molecule has 0 unspecified atom stereocenters. The van der Waals surface area contributed by atoms with Gasteiger partial charge in [-0.25, -0.2) is 4.98 Å². The summed E-state index contributed by atoms with van der Waals surface area (Å²) in [7, 11) is 0. The molecule has 3 rings (SSSR count). The van der Waals surface area contributed by atoms with Crippen LogP contribution in [0.5, 0.6) is 0 Å². The summed E-state index contributed by atoms with van der Waals surface area (Å²) in [6.07, 6.45) is 1.66. The molecule has 3 N–H and O–H groups in total. The van der Waals surface area contributed by atoms with Gasteiger partial charge in [-0.1, -0.05) is 35.9 Å². The molecular weight excluding hydrogens is 316 g/mol. The molecule has 1 radical (unpaired) electrons. The topological polar surface area (TPSA) is 63.3 Å². The van der Waals surface area contributed by atoms with Gasteiger partial charge in [0.1, 0.15) is 0 Å². The molecule has 0 aliphatic carbocycles. The maximum atomic E-state index is 5.99. The van der Waals surface area contributed by atoms with Crippen LogP contribution in [0, 0.1) is 6.07 Å². The van der Waals surface area contributed by atoms with Gasteiger partial charge in [0.05, 0.1) is 11.9 Å². The van der Waals surface area contributed by atoms with Gasteiger partial charge in [-0.2, -0.15) is 5.10 Å². The molecule has 109 valence electrons. The minimum Gasteiger partial charge on any atom is -0.398 e. The maximum absolute atomic E-state index is 5.99. The van der Waals surface area contributed by atoms with Crippen LogP contribution in [0.2, 0.25) is 5.02 Å². The number of hydrogen-bond donors (Lipinski definition) is 2. The summed E-state index contributed by atoms with van der Waals surface area (Å²) < 4.78 is 0. The van der Waals surface area contributed by atoms with Crippen molar-refractivity contribution in [2.75, 3.05) is 11.2 Å².